The second-order valence-electron chi connectivity index (χ2n) is 5.24. The summed E-state index contributed by atoms with van der Waals surface area (Å²) >= 11 is 12.3. The van der Waals surface area contributed by atoms with Crippen LogP contribution in [0.1, 0.15) is 29.7 Å². The van der Waals surface area contributed by atoms with Gasteiger partial charge in [0.05, 0.1) is 5.69 Å². The molecule has 1 heterocycles. The van der Waals surface area contributed by atoms with Gasteiger partial charge >= 0.3 is 0 Å². The van der Waals surface area contributed by atoms with Crippen LogP contribution < -0.4 is 5.32 Å². The van der Waals surface area contributed by atoms with Crippen LogP contribution in [0.5, 0.6) is 0 Å². The average Bonchev–Trinajstić information content (AvgIpc) is 2.70. The van der Waals surface area contributed by atoms with E-state index in [-0.39, 0.29) is 0 Å². The molecule has 3 nitrogen and oxygen atoms in total. The van der Waals surface area contributed by atoms with Crippen LogP contribution in [0, 0.1) is 6.92 Å². The fourth-order valence-corrected chi connectivity index (χ4v) is 2.89. The molecule has 0 radical (unpaired) electrons. The summed E-state index contributed by atoms with van der Waals surface area (Å²) in [4.78, 5) is 0. The fourth-order valence-electron chi connectivity index (χ4n) is 2.51. The Morgan fingerprint density at radius 1 is 1.24 bits per heavy atom. The van der Waals surface area contributed by atoms with Gasteiger partial charge in [-0.05, 0) is 37.6 Å². The number of aromatic nitrogens is 2. The first kappa shape index (κ1) is 16.3. The maximum Gasteiger partial charge on any atom is 0.130 e. The molecule has 1 aromatic heterocycles. The van der Waals surface area contributed by atoms with Gasteiger partial charge in [0, 0.05) is 30.1 Å². The Kier molecular flexibility index (Phi) is 5.68. The molecule has 0 aliphatic heterocycles. The molecule has 0 bridgehead atoms. The number of nitrogens with zero attached hydrogens (tertiary/aromatic N) is 2. The van der Waals surface area contributed by atoms with Gasteiger partial charge in [-0.25, -0.2) is 0 Å². The fraction of sp³-hybridized carbons (Fsp3) is 0.438. The van der Waals surface area contributed by atoms with Crippen molar-refractivity contribution in [2.75, 3.05) is 13.1 Å². The Labute approximate surface area is 136 Å². The van der Waals surface area contributed by atoms with E-state index in [9.17, 15) is 0 Å². The van der Waals surface area contributed by atoms with Crippen LogP contribution >= 0.6 is 23.2 Å². The number of rotatable bonds is 6. The van der Waals surface area contributed by atoms with Gasteiger partial charge in [0.2, 0.25) is 0 Å². The van der Waals surface area contributed by atoms with E-state index in [1.165, 1.54) is 5.56 Å². The van der Waals surface area contributed by atoms with Crippen LogP contribution in [0.25, 0.3) is 0 Å². The molecule has 1 N–H and O–H groups in total. The van der Waals surface area contributed by atoms with E-state index in [0.717, 1.165) is 40.9 Å². The molecule has 5 heteroatoms. The van der Waals surface area contributed by atoms with Crippen molar-refractivity contribution >= 4 is 23.2 Å². The van der Waals surface area contributed by atoms with E-state index in [4.69, 9.17) is 23.2 Å². The highest BCUT2D eigenvalue weighted by Crippen LogP contribution is 2.27. The molecule has 0 fully saturated rings. The maximum absolute atomic E-state index is 6.36. The average molecular weight is 326 g/mol. The SMILES string of the molecule is CCNCC(Cc1c(C)nn(C)c1Cl)c1ccc(Cl)cc1. The molecule has 0 aliphatic rings. The van der Waals surface area contributed by atoms with Crippen LogP contribution in [-0.4, -0.2) is 22.9 Å². The number of hydrogen-bond donors (Lipinski definition) is 1. The van der Waals surface area contributed by atoms with Gasteiger partial charge in [0.15, 0.2) is 0 Å². The predicted molar refractivity (Wildman–Crippen MR) is 89.4 cm³/mol. The van der Waals surface area contributed by atoms with Crippen molar-refractivity contribution in [2.24, 2.45) is 7.05 Å². The highest BCUT2D eigenvalue weighted by molar-refractivity contribution is 6.30. The molecule has 1 aromatic carbocycles. The Bertz CT molecular complexity index is 590. The summed E-state index contributed by atoms with van der Waals surface area (Å²) in [5, 5.41) is 9.30. The van der Waals surface area contributed by atoms with E-state index in [1.807, 2.05) is 26.1 Å². The summed E-state index contributed by atoms with van der Waals surface area (Å²) in [6, 6.07) is 8.05. The molecule has 2 aromatic rings. The number of benzene rings is 1. The summed E-state index contributed by atoms with van der Waals surface area (Å²) in [7, 11) is 1.88. The van der Waals surface area contributed by atoms with Gasteiger partial charge in [-0.15, -0.1) is 0 Å². The molecule has 0 saturated carbocycles. The van der Waals surface area contributed by atoms with Crippen LogP contribution in [0.2, 0.25) is 10.2 Å². The van der Waals surface area contributed by atoms with Crippen LogP contribution in [0.4, 0.5) is 0 Å². The second-order valence-corrected chi connectivity index (χ2v) is 6.03. The first-order chi connectivity index (χ1) is 10.0. The van der Waals surface area contributed by atoms with Crippen LogP contribution in [-0.2, 0) is 13.5 Å². The second kappa shape index (κ2) is 7.30. The standard InChI is InChI=1S/C16H21Cl2N3/c1-4-19-10-13(12-5-7-14(17)8-6-12)9-15-11(2)20-21(3)16(15)18/h5-8,13,19H,4,9-10H2,1-3H3. The normalized spacial score (nSPS) is 12.6. The predicted octanol–water partition coefficient (Wildman–Crippen LogP) is 3.97. The molecule has 2 rings (SSSR count). The quantitative estimate of drug-likeness (QED) is 0.870. The molecule has 21 heavy (non-hydrogen) atoms. The van der Waals surface area contributed by atoms with Gasteiger partial charge in [0.1, 0.15) is 5.15 Å². The molecular formula is C16H21Cl2N3. The lowest BCUT2D eigenvalue weighted by Crippen LogP contribution is -2.22. The molecule has 0 aliphatic carbocycles. The van der Waals surface area contributed by atoms with Crippen molar-refractivity contribution < 1.29 is 0 Å². The summed E-state index contributed by atoms with van der Waals surface area (Å²) in [6.07, 6.45) is 0.868. The molecule has 1 unspecified atom stereocenters. The molecular weight excluding hydrogens is 305 g/mol. The number of nitrogens with one attached hydrogen (secondary N) is 1. The van der Waals surface area contributed by atoms with Gasteiger partial charge in [-0.2, -0.15) is 5.10 Å². The van der Waals surface area contributed by atoms with Crippen molar-refractivity contribution in [1.82, 2.24) is 15.1 Å². The minimum absolute atomic E-state index is 0.350. The minimum Gasteiger partial charge on any atom is -0.316 e. The number of hydrogen-bond acceptors (Lipinski definition) is 2. The van der Waals surface area contributed by atoms with Crippen molar-refractivity contribution in [3.8, 4) is 0 Å². The summed E-state index contributed by atoms with van der Waals surface area (Å²) in [5.41, 5.74) is 3.38. The topological polar surface area (TPSA) is 29.9 Å². The smallest absolute Gasteiger partial charge is 0.130 e. The maximum atomic E-state index is 6.36. The highest BCUT2D eigenvalue weighted by atomic mass is 35.5. The molecule has 0 spiro atoms. The van der Waals surface area contributed by atoms with Gasteiger partial charge in [-0.3, -0.25) is 4.68 Å². The Balaban J connectivity index is 2.25. The van der Waals surface area contributed by atoms with E-state index in [1.54, 1.807) is 4.68 Å². The summed E-state index contributed by atoms with van der Waals surface area (Å²) < 4.78 is 1.73. The zero-order chi connectivity index (χ0) is 15.4. The minimum atomic E-state index is 0.350. The third-order valence-corrected chi connectivity index (χ3v) is 4.43. The first-order valence-corrected chi connectivity index (χ1v) is 7.92. The highest BCUT2D eigenvalue weighted by Gasteiger charge is 2.18. The number of aryl methyl sites for hydroxylation is 2. The van der Waals surface area contributed by atoms with Gasteiger partial charge in [0.25, 0.3) is 0 Å². The molecule has 0 saturated heterocycles. The lowest BCUT2D eigenvalue weighted by Gasteiger charge is -2.18. The molecule has 114 valence electrons. The summed E-state index contributed by atoms with van der Waals surface area (Å²) in [5.74, 6) is 0.350. The number of likely N-dealkylation sites (N-methyl/N-ethyl adjacent to an activating group) is 1. The van der Waals surface area contributed by atoms with Gasteiger partial charge < -0.3 is 5.32 Å². The van der Waals surface area contributed by atoms with Crippen molar-refractivity contribution in [1.29, 1.82) is 0 Å². The lowest BCUT2D eigenvalue weighted by molar-refractivity contribution is 0.594. The number of halogens is 2. The van der Waals surface area contributed by atoms with E-state index in [0.29, 0.717) is 5.92 Å². The van der Waals surface area contributed by atoms with Crippen LogP contribution in [0.15, 0.2) is 24.3 Å². The van der Waals surface area contributed by atoms with Crippen molar-refractivity contribution in [3.63, 3.8) is 0 Å². The largest absolute Gasteiger partial charge is 0.316 e. The van der Waals surface area contributed by atoms with E-state index in [2.05, 4.69) is 29.5 Å². The zero-order valence-corrected chi connectivity index (χ0v) is 14.2. The monoisotopic (exact) mass is 325 g/mol. The van der Waals surface area contributed by atoms with Crippen LogP contribution in [0.3, 0.4) is 0 Å². The van der Waals surface area contributed by atoms with Crippen molar-refractivity contribution in [2.45, 2.75) is 26.2 Å². The Morgan fingerprint density at radius 2 is 1.90 bits per heavy atom. The zero-order valence-electron chi connectivity index (χ0n) is 12.7. The molecule has 1 atom stereocenters. The third-order valence-electron chi connectivity index (χ3n) is 3.70. The molecule has 0 amide bonds. The van der Waals surface area contributed by atoms with Gasteiger partial charge in [-0.1, -0.05) is 42.3 Å². The first-order valence-electron chi connectivity index (χ1n) is 7.17. The van der Waals surface area contributed by atoms with E-state index < -0.39 is 0 Å². The van der Waals surface area contributed by atoms with E-state index >= 15 is 0 Å². The Morgan fingerprint density at radius 3 is 2.43 bits per heavy atom. The lowest BCUT2D eigenvalue weighted by atomic mass is 9.92. The summed E-state index contributed by atoms with van der Waals surface area (Å²) in [6.45, 7) is 5.97. The third kappa shape index (κ3) is 4.00. The van der Waals surface area contributed by atoms with Crippen molar-refractivity contribution in [3.05, 3.63) is 51.3 Å². The Hall–Kier alpha value is -1.03.